The van der Waals surface area contributed by atoms with Crippen molar-refractivity contribution in [2.45, 2.75) is 0 Å². The number of pyridine rings is 2. The first kappa shape index (κ1) is 23.0. The smallest absolute Gasteiger partial charge is 0.248 e. The Bertz CT molecular complexity index is 1340. The summed E-state index contributed by atoms with van der Waals surface area (Å²) in [7, 11) is 7.09. The largest absolute Gasteiger partial charge is 0.497 e. The highest BCUT2D eigenvalue weighted by atomic mass is 16.5. The number of rotatable bonds is 8. The number of H-pyrrole nitrogens is 1. The molecule has 8 heteroatoms. The van der Waals surface area contributed by atoms with Crippen molar-refractivity contribution in [3.8, 4) is 33.9 Å². The molecule has 0 aliphatic rings. The fourth-order valence-electron chi connectivity index (χ4n) is 3.60. The fourth-order valence-corrected chi connectivity index (χ4v) is 3.60. The summed E-state index contributed by atoms with van der Waals surface area (Å²) in [6, 6.07) is 11.5. The Morgan fingerprint density at radius 1 is 1.06 bits per heavy atom. The van der Waals surface area contributed by atoms with Crippen LogP contribution in [-0.4, -0.2) is 60.6 Å². The molecule has 0 aliphatic carbocycles. The van der Waals surface area contributed by atoms with E-state index in [1.165, 1.54) is 6.08 Å². The van der Waals surface area contributed by atoms with E-state index in [4.69, 9.17) is 9.47 Å². The maximum absolute atomic E-state index is 12.3. The number of nitrogens with zero attached hydrogens (tertiary/aromatic N) is 3. The second kappa shape index (κ2) is 10.2. The van der Waals surface area contributed by atoms with E-state index in [0.717, 1.165) is 33.3 Å². The maximum atomic E-state index is 12.3. The van der Waals surface area contributed by atoms with Gasteiger partial charge in [0.2, 0.25) is 11.8 Å². The maximum Gasteiger partial charge on any atom is 0.248 e. The van der Waals surface area contributed by atoms with Crippen molar-refractivity contribution in [1.82, 2.24) is 19.9 Å². The standard InChI is InChI=1S/C26H27N5O3/c1-31(2)9-5-6-24(32)30-20-10-18(11-21(14-20)33-3)19-12-22-23(16-29-26(22)28-15-19)17-7-8-27-25(13-17)34-4/h5-8,10-16H,9H2,1-4H3,(H,28,29)(H,30,32). The Labute approximate surface area is 198 Å². The summed E-state index contributed by atoms with van der Waals surface area (Å²) in [5, 5.41) is 3.87. The van der Waals surface area contributed by atoms with Crippen LogP contribution in [0.25, 0.3) is 33.3 Å². The van der Waals surface area contributed by atoms with Gasteiger partial charge in [0.25, 0.3) is 0 Å². The van der Waals surface area contributed by atoms with Gasteiger partial charge >= 0.3 is 0 Å². The number of carbonyl (C=O) groups is 1. The SMILES string of the molecule is COc1cc(NC(=O)C=CCN(C)C)cc(-c2cnc3[nH]cc(-c4ccnc(OC)c4)c3c2)c1. The number of benzene rings is 1. The number of aromatic amines is 1. The Balaban J connectivity index is 1.69. The van der Waals surface area contributed by atoms with Crippen LogP contribution >= 0.6 is 0 Å². The lowest BCUT2D eigenvalue weighted by Gasteiger charge is -2.10. The third-order valence-corrected chi connectivity index (χ3v) is 5.27. The van der Waals surface area contributed by atoms with E-state index >= 15 is 0 Å². The second-order valence-corrected chi connectivity index (χ2v) is 8.01. The molecule has 0 saturated heterocycles. The molecule has 4 rings (SSSR count). The number of aromatic nitrogens is 3. The third kappa shape index (κ3) is 5.24. The first-order chi connectivity index (χ1) is 16.5. The summed E-state index contributed by atoms with van der Waals surface area (Å²) in [6.07, 6.45) is 8.78. The molecule has 3 heterocycles. The van der Waals surface area contributed by atoms with Gasteiger partial charge in [-0.05, 0) is 49.5 Å². The molecule has 0 radical (unpaired) electrons. The molecular weight excluding hydrogens is 430 g/mol. The molecule has 34 heavy (non-hydrogen) atoms. The van der Waals surface area contributed by atoms with Gasteiger partial charge in [0, 0.05) is 65.5 Å². The molecule has 1 aromatic carbocycles. The summed E-state index contributed by atoms with van der Waals surface area (Å²) in [5.41, 5.74) is 5.15. The zero-order valence-electron chi connectivity index (χ0n) is 19.6. The Kier molecular flexibility index (Phi) is 6.89. The van der Waals surface area contributed by atoms with Gasteiger partial charge in [-0.2, -0.15) is 0 Å². The van der Waals surface area contributed by atoms with Crippen LogP contribution in [0.4, 0.5) is 5.69 Å². The van der Waals surface area contributed by atoms with Crippen LogP contribution in [0.2, 0.25) is 0 Å². The average Bonchev–Trinajstić information content (AvgIpc) is 3.27. The minimum absolute atomic E-state index is 0.200. The van der Waals surface area contributed by atoms with Crippen molar-refractivity contribution >= 4 is 22.6 Å². The van der Waals surface area contributed by atoms with Gasteiger partial charge in [-0.1, -0.05) is 6.08 Å². The summed E-state index contributed by atoms with van der Waals surface area (Å²) >= 11 is 0. The molecule has 0 unspecified atom stereocenters. The van der Waals surface area contributed by atoms with Crippen molar-refractivity contribution in [2.75, 3.05) is 40.2 Å². The predicted octanol–water partition coefficient (Wildman–Crippen LogP) is 4.37. The summed E-state index contributed by atoms with van der Waals surface area (Å²) in [6.45, 7) is 0.685. The minimum atomic E-state index is -0.200. The topological polar surface area (TPSA) is 92.4 Å². The zero-order chi connectivity index (χ0) is 24.1. The fraction of sp³-hybridized carbons (Fsp3) is 0.192. The number of methoxy groups -OCH3 is 2. The highest BCUT2D eigenvalue weighted by Crippen LogP contribution is 2.34. The lowest BCUT2D eigenvalue weighted by Crippen LogP contribution is -2.13. The Hall–Kier alpha value is -4.17. The lowest BCUT2D eigenvalue weighted by molar-refractivity contribution is -0.111. The van der Waals surface area contributed by atoms with E-state index in [9.17, 15) is 4.79 Å². The molecule has 1 amide bonds. The molecule has 0 bridgehead atoms. The van der Waals surface area contributed by atoms with Crippen LogP contribution in [0.3, 0.4) is 0 Å². The number of nitrogens with one attached hydrogen (secondary N) is 2. The number of ether oxygens (including phenoxy) is 2. The van der Waals surface area contributed by atoms with Crippen LogP contribution in [-0.2, 0) is 4.79 Å². The van der Waals surface area contributed by atoms with Gasteiger partial charge in [0.1, 0.15) is 11.4 Å². The van der Waals surface area contributed by atoms with Crippen molar-refractivity contribution < 1.29 is 14.3 Å². The van der Waals surface area contributed by atoms with E-state index < -0.39 is 0 Å². The van der Waals surface area contributed by atoms with Crippen molar-refractivity contribution in [2.24, 2.45) is 0 Å². The molecule has 174 valence electrons. The van der Waals surface area contributed by atoms with Gasteiger partial charge in [-0.15, -0.1) is 0 Å². The molecule has 2 N–H and O–H groups in total. The molecule has 4 aromatic rings. The van der Waals surface area contributed by atoms with Gasteiger partial charge < -0.3 is 24.7 Å². The number of carbonyl (C=O) groups excluding carboxylic acids is 1. The lowest BCUT2D eigenvalue weighted by atomic mass is 10.0. The monoisotopic (exact) mass is 457 g/mol. The summed E-state index contributed by atoms with van der Waals surface area (Å²) in [4.78, 5) is 26.3. The van der Waals surface area contributed by atoms with Crippen LogP contribution in [0.15, 0.2) is 67.1 Å². The van der Waals surface area contributed by atoms with E-state index in [2.05, 4.69) is 26.3 Å². The van der Waals surface area contributed by atoms with Gasteiger partial charge in [-0.3, -0.25) is 4.79 Å². The van der Waals surface area contributed by atoms with Gasteiger partial charge in [-0.25, -0.2) is 9.97 Å². The molecular formula is C26H27N5O3. The number of anilines is 1. The van der Waals surface area contributed by atoms with E-state index in [1.807, 2.05) is 55.5 Å². The molecule has 3 aromatic heterocycles. The Morgan fingerprint density at radius 2 is 1.91 bits per heavy atom. The van der Waals surface area contributed by atoms with Crippen LogP contribution in [0, 0.1) is 0 Å². The molecule has 0 saturated carbocycles. The predicted molar refractivity (Wildman–Crippen MR) is 134 cm³/mol. The number of amides is 1. The summed E-state index contributed by atoms with van der Waals surface area (Å²) in [5.74, 6) is 0.983. The van der Waals surface area contributed by atoms with E-state index in [-0.39, 0.29) is 5.91 Å². The molecule has 0 fully saturated rings. The number of hydrogen-bond donors (Lipinski definition) is 2. The molecule has 0 atom stereocenters. The highest BCUT2D eigenvalue weighted by molar-refractivity contribution is 6.00. The molecule has 0 spiro atoms. The van der Waals surface area contributed by atoms with Crippen molar-refractivity contribution in [1.29, 1.82) is 0 Å². The summed E-state index contributed by atoms with van der Waals surface area (Å²) < 4.78 is 10.8. The number of hydrogen-bond acceptors (Lipinski definition) is 6. The average molecular weight is 458 g/mol. The zero-order valence-corrected chi connectivity index (χ0v) is 19.6. The van der Waals surface area contributed by atoms with E-state index in [0.29, 0.717) is 23.9 Å². The van der Waals surface area contributed by atoms with Crippen LogP contribution in [0.5, 0.6) is 11.6 Å². The van der Waals surface area contributed by atoms with E-state index in [1.54, 1.807) is 32.7 Å². The van der Waals surface area contributed by atoms with Gasteiger partial charge in [0.05, 0.1) is 14.2 Å². The minimum Gasteiger partial charge on any atom is -0.497 e. The number of likely N-dealkylation sites (N-methyl/N-ethyl adjacent to an activating group) is 1. The van der Waals surface area contributed by atoms with Crippen molar-refractivity contribution in [3.05, 3.63) is 67.1 Å². The first-order valence-electron chi connectivity index (χ1n) is 10.8. The molecule has 0 aliphatic heterocycles. The van der Waals surface area contributed by atoms with Crippen LogP contribution in [0.1, 0.15) is 0 Å². The van der Waals surface area contributed by atoms with Crippen LogP contribution < -0.4 is 14.8 Å². The Morgan fingerprint density at radius 3 is 2.68 bits per heavy atom. The molecule has 8 nitrogen and oxygen atoms in total. The van der Waals surface area contributed by atoms with Gasteiger partial charge in [0.15, 0.2) is 0 Å². The first-order valence-corrected chi connectivity index (χ1v) is 10.8. The van der Waals surface area contributed by atoms with Crippen molar-refractivity contribution in [3.63, 3.8) is 0 Å². The second-order valence-electron chi connectivity index (χ2n) is 8.01. The number of fused-ring (bicyclic) bond motifs is 1. The normalized spacial score (nSPS) is 11.3. The quantitative estimate of drug-likeness (QED) is 0.382. The third-order valence-electron chi connectivity index (χ3n) is 5.27. The highest BCUT2D eigenvalue weighted by Gasteiger charge is 2.12.